The van der Waals surface area contributed by atoms with Gasteiger partial charge in [-0.1, -0.05) is 25.7 Å². The molecule has 10 rings (SSSR count). The molecule has 268 valence electrons. The normalized spacial score (nSPS) is 43.2. The van der Waals surface area contributed by atoms with Crippen LogP contribution in [0, 0.1) is 0 Å². The number of cyclic esters (lactones) is 2. The molecule has 6 heterocycles. The molecule has 4 spiro atoms. The molecule has 8 atom stereocenters. The molecule has 6 saturated heterocycles. The van der Waals surface area contributed by atoms with Crippen LogP contribution in [0.25, 0.3) is 0 Å². The number of fused-ring (bicyclic) bond motifs is 2. The molecular formula is C36H52O12. The molecule has 10 aliphatic rings. The monoisotopic (exact) mass is 676 g/mol. The van der Waals surface area contributed by atoms with Crippen molar-refractivity contribution in [2.24, 2.45) is 0 Å². The van der Waals surface area contributed by atoms with E-state index in [1.54, 1.807) is 0 Å². The maximum absolute atomic E-state index is 12.3. The van der Waals surface area contributed by atoms with Gasteiger partial charge in [-0.05, 0) is 51.4 Å². The maximum atomic E-state index is 12.3. The Morgan fingerprint density at radius 1 is 0.375 bits per heavy atom. The quantitative estimate of drug-likeness (QED) is 0.371. The van der Waals surface area contributed by atoms with E-state index in [1.807, 2.05) is 0 Å². The van der Waals surface area contributed by atoms with Crippen molar-refractivity contribution >= 4 is 11.9 Å². The van der Waals surface area contributed by atoms with Crippen LogP contribution in [0.15, 0.2) is 0 Å². The highest BCUT2D eigenvalue weighted by Gasteiger charge is 2.64. The minimum atomic E-state index is -0.598. The molecule has 0 radical (unpaired) electrons. The highest BCUT2D eigenvalue weighted by atomic mass is 16.8. The number of hydrogen-bond donors (Lipinski definition) is 0. The summed E-state index contributed by atoms with van der Waals surface area (Å²) in [6.45, 7) is 0.940. The van der Waals surface area contributed by atoms with Crippen molar-refractivity contribution in [3.05, 3.63) is 0 Å². The third-order valence-electron chi connectivity index (χ3n) is 12.5. The lowest BCUT2D eigenvalue weighted by Crippen LogP contribution is -2.43. The fourth-order valence-corrected chi connectivity index (χ4v) is 10.1. The highest BCUT2D eigenvalue weighted by molar-refractivity contribution is 5.79. The Labute approximate surface area is 282 Å². The summed E-state index contributed by atoms with van der Waals surface area (Å²) in [4.78, 5) is 24.6. The van der Waals surface area contributed by atoms with Crippen LogP contribution in [0.5, 0.6) is 0 Å². The van der Waals surface area contributed by atoms with E-state index in [4.69, 9.17) is 47.4 Å². The van der Waals surface area contributed by atoms with Crippen molar-refractivity contribution in [2.45, 2.75) is 200 Å². The lowest BCUT2D eigenvalue weighted by atomic mass is 9.94. The predicted octanol–water partition coefficient (Wildman–Crippen LogP) is 4.86. The molecule has 12 heteroatoms. The van der Waals surface area contributed by atoms with Gasteiger partial charge in [0.15, 0.2) is 47.6 Å². The molecule has 4 unspecified atom stereocenters. The van der Waals surface area contributed by atoms with Crippen molar-refractivity contribution in [1.29, 1.82) is 0 Å². The van der Waals surface area contributed by atoms with Gasteiger partial charge in [0.05, 0.1) is 13.2 Å². The van der Waals surface area contributed by atoms with E-state index in [2.05, 4.69) is 0 Å². The lowest BCUT2D eigenvalue weighted by molar-refractivity contribution is -0.230. The average molecular weight is 677 g/mol. The van der Waals surface area contributed by atoms with Crippen molar-refractivity contribution in [2.75, 3.05) is 13.2 Å². The van der Waals surface area contributed by atoms with Crippen molar-refractivity contribution < 1.29 is 57.0 Å². The number of carbonyl (C=O) groups excluding carboxylic acids is 2. The van der Waals surface area contributed by atoms with Gasteiger partial charge in [0.1, 0.15) is 24.4 Å². The highest BCUT2D eigenvalue weighted by Crippen LogP contribution is 2.49. The summed E-state index contributed by atoms with van der Waals surface area (Å²) in [5, 5.41) is 0. The molecule has 0 amide bonds. The van der Waals surface area contributed by atoms with Gasteiger partial charge in [0.2, 0.25) is 0 Å². The molecule has 0 aromatic carbocycles. The second-order valence-corrected chi connectivity index (χ2v) is 15.9. The molecule has 0 aromatic rings. The van der Waals surface area contributed by atoms with Crippen molar-refractivity contribution in [3.8, 4) is 0 Å². The number of ether oxygens (including phenoxy) is 10. The van der Waals surface area contributed by atoms with E-state index in [0.717, 1.165) is 103 Å². The van der Waals surface area contributed by atoms with Crippen LogP contribution in [0.2, 0.25) is 0 Å². The van der Waals surface area contributed by atoms with Crippen LogP contribution < -0.4 is 0 Å². The molecule has 10 fully saturated rings. The van der Waals surface area contributed by atoms with Crippen molar-refractivity contribution in [3.63, 3.8) is 0 Å². The Kier molecular flexibility index (Phi) is 8.59. The van der Waals surface area contributed by atoms with Gasteiger partial charge in [-0.15, -0.1) is 0 Å². The number of carbonyl (C=O) groups is 2. The summed E-state index contributed by atoms with van der Waals surface area (Å²) in [7, 11) is 0. The molecule has 4 aliphatic carbocycles. The van der Waals surface area contributed by atoms with Crippen LogP contribution in [-0.4, -0.2) is 97.1 Å². The third-order valence-corrected chi connectivity index (χ3v) is 12.5. The standard InChI is InChI=1S/2C18H26O6/c2*19-16-15-14(23-18(24-15)9-5-2-6-10-18)13(21-16)12-11-20-17(22-12)7-3-1-4-8-17/h2*12-15H,1-11H2/t2*12?,13?,14-,15-/m00/s1. The summed E-state index contributed by atoms with van der Waals surface area (Å²) >= 11 is 0. The van der Waals surface area contributed by atoms with E-state index >= 15 is 0 Å². The average Bonchev–Trinajstić information content (AvgIpc) is 3.95. The molecule has 0 bridgehead atoms. The first-order chi connectivity index (χ1) is 23.4. The second-order valence-electron chi connectivity index (χ2n) is 15.9. The smallest absolute Gasteiger partial charge is 0.338 e. The summed E-state index contributed by atoms with van der Waals surface area (Å²) in [5.41, 5.74) is 0. The number of rotatable bonds is 2. The van der Waals surface area contributed by atoms with Crippen LogP contribution in [0.3, 0.4) is 0 Å². The van der Waals surface area contributed by atoms with Gasteiger partial charge in [0.25, 0.3) is 0 Å². The topological polar surface area (TPSA) is 126 Å². The first kappa shape index (κ1) is 32.5. The molecule has 0 aromatic heterocycles. The third kappa shape index (κ3) is 5.84. The van der Waals surface area contributed by atoms with Gasteiger partial charge in [-0.2, -0.15) is 0 Å². The number of hydrogen-bond acceptors (Lipinski definition) is 12. The zero-order valence-electron chi connectivity index (χ0n) is 28.1. The Hall–Kier alpha value is -1.38. The van der Waals surface area contributed by atoms with E-state index in [0.29, 0.717) is 13.2 Å². The van der Waals surface area contributed by atoms with Crippen LogP contribution in [-0.2, 0) is 57.0 Å². The molecule has 6 aliphatic heterocycles. The minimum Gasteiger partial charge on any atom is -0.455 e. The Bertz CT molecular complexity index is 1110. The fourth-order valence-electron chi connectivity index (χ4n) is 10.1. The zero-order valence-corrected chi connectivity index (χ0v) is 28.1. The van der Waals surface area contributed by atoms with Crippen molar-refractivity contribution in [1.82, 2.24) is 0 Å². The largest absolute Gasteiger partial charge is 0.455 e. The summed E-state index contributed by atoms with van der Waals surface area (Å²) in [6, 6.07) is 0. The zero-order chi connectivity index (χ0) is 32.4. The molecule has 48 heavy (non-hydrogen) atoms. The van der Waals surface area contributed by atoms with E-state index in [-0.39, 0.29) is 36.4 Å². The number of esters is 2. The van der Waals surface area contributed by atoms with Gasteiger partial charge in [0, 0.05) is 51.4 Å². The predicted molar refractivity (Wildman–Crippen MR) is 164 cm³/mol. The van der Waals surface area contributed by atoms with E-state index < -0.39 is 47.6 Å². The minimum absolute atomic E-state index is 0.246. The van der Waals surface area contributed by atoms with Gasteiger partial charge in [-0.25, -0.2) is 9.59 Å². The Balaban J connectivity index is 0.000000131. The summed E-state index contributed by atoms with van der Waals surface area (Å²) in [6.07, 6.45) is 17.7. The summed E-state index contributed by atoms with van der Waals surface area (Å²) in [5.74, 6) is -2.69. The Morgan fingerprint density at radius 2 is 0.708 bits per heavy atom. The van der Waals surface area contributed by atoms with Gasteiger partial charge < -0.3 is 47.4 Å². The molecular weight excluding hydrogens is 624 g/mol. The van der Waals surface area contributed by atoms with Gasteiger partial charge in [-0.3, -0.25) is 0 Å². The molecule has 12 nitrogen and oxygen atoms in total. The first-order valence-corrected chi connectivity index (χ1v) is 19.1. The maximum Gasteiger partial charge on any atom is 0.338 e. The lowest BCUT2D eigenvalue weighted by Gasteiger charge is -2.34. The van der Waals surface area contributed by atoms with Crippen LogP contribution in [0.1, 0.15) is 128 Å². The second kappa shape index (κ2) is 12.7. The van der Waals surface area contributed by atoms with Crippen LogP contribution >= 0.6 is 0 Å². The molecule has 0 N–H and O–H groups in total. The fraction of sp³-hybridized carbons (Fsp3) is 0.944. The summed E-state index contributed by atoms with van der Waals surface area (Å²) < 4.78 is 60.4. The van der Waals surface area contributed by atoms with Gasteiger partial charge >= 0.3 is 11.9 Å². The SMILES string of the molecule is O=C1OC(C2COC3(CCCCC3)O2)[C@@H]2OC3(CCCCC3)O[C@H]12.O=C1OC(C2COC3(CCCCC3)O2)[C@@H]2OC3(CCCCC3)O[C@H]12. The Morgan fingerprint density at radius 3 is 1.06 bits per heavy atom. The first-order valence-electron chi connectivity index (χ1n) is 19.1. The van der Waals surface area contributed by atoms with E-state index in [1.165, 1.54) is 25.7 Å². The van der Waals surface area contributed by atoms with Crippen LogP contribution in [0.4, 0.5) is 0 Å². The molecule has 4 saturated carbocycles. The van der Waals surface area contributed by atoms with E-state index in [9.17, 15) is 9.59 Å².